The Kier molecular flexibility index (Phi) is 3.18. The molecule has 0 fully saturated rings. The van der Waals surface area contributed by atoms with Crippen molar-refractivity contribution in [3.8, 4) is 28.0 Å². The number of hydrogen-bond acceptors (Lipinski definition) is 1. The van der Waals surface area contributed by atoms with Crippen LogP contribution in [0.2, 0.25) is 0 Å². The first-order valence-electron chi connectivity index (χ1n) is 6.76. The lowest BCUT2D eigenvalue weighted by Crippen LogP contribution is -2.11. The summed E-state index contributed by atoms with van der Waals surface area (Å²) < 4.78 is 6.07. The van der Waals surface area contributed by atoms with Gasteiger partial charge >= 0.3 is 0 Å². The van der Waals surface area contributed by atoms with Crippen LogP contribution in [0.1, 0.15) is 0 Å². The second-order valence-corrected chi connectivity index (χ2v) is 6.98. The molecule has 102 valence electrons. The van der Waals surface area contributed by atoms with Gasteiger partial charge in [-0.25, -0.2) is 0 Å². The van der Waals surface area contributed by atoms with Crippen LogP contribution in [0.25, 0.3) is 22.3 Å². The monoisotopic (exact) mass is 310 g/mol. The molecule has 3 aromatic carbocycles. The predicted molar refractivity (Wildman–Crippen MR) is 90.3 cm³/mol. The van der Waals surface area contributed by atoms with Gasteiger partial charge in [0.25, 0.3) is 0 Å². The van der Waals surface area contributed by atoms with E-state index in [0.717, 1.165) is 27.7 Å². The van der Waals surface area contributed by atoms with Gasteiger partial charge in [0.05, 0.1) is 0 Å². The minimum atomic E-state index is -1.13. The molecule has 21 heavy (non-hydrogen) atoms. The average molecular weight is 311 g/mol. The third-order valence-corrected chi connectivity index (χ3v) is 5.52. The Morgan fingerprint density at radius 1 is 0.667 bits per heavy atom. The van der Waals surface area contributed by atoms with Crippen LogP contribution in [-0.2, 0) is 0 Å². The van der Waals surface area contributed by atoms with Gasteiger partial charge < -0.3 is 4.52 Å². The number of hydrogen-bond donors (Lipinski definition) is 0. The van der Waals surface area contributed by atoms with E-state index >= 15 is 0 Å². The first kappa shape index (κ1) is 12.9. The maximum atomic E-state index is 6.48. The maximum Gasteiger partial charge on any atom is 0.215 e. The molecule has 0 aliphatic carbocycles. The SMILES string of the molecule is ClP1Oc2c(-c3ccccc3)cccc2-c2ccccc21. The van der Waals surface area contributed by atoms with Crippen LogP contribution in [0, 0.1) is 0 Å². The van der Waals surface area contributed by atoms with Crippen molar-refractivity contribution in [3.63, 3.8) is 0 Å². The number of fused-ring (bicyclic) bond motifs is 3. The van der Waals surface area contributed by atoms with Gasteiger partial charge in [-0.2, -0.15) is 0 Å². The van der Waals surface area contributed by atoms with Crippen molar-refractivity contribution < 1.29 is 4.52 Å². The first-order chi connectivity index (χ1) is 10.3. The number of halogens is 1. The van der Waals surface area contributed by atoms with Crippen molar-refractivity contribution in [3.05, 3.63) is 72.8 Å². The summed E-state index contributed by atoms with van der Waals surface area (Å²) in [6.07, 6.45) is 0. The predicted octanol–water partition coefficient (Wildman–Crippen LogP) is 5.59. The average Bonchev–Trinajstić information content (AvgIpc) is 2.56. The highest BCUT2D eigenvalue weighted by Gasteiger charge is 2.26. The zero-order valence-corrected chi connectivity index (χ0v) is 12.8. The van der Waals surface area contributed by atoms with E-state index in [9.17, 15) is 0 Å². The molecule has 0 N–H and O–H groups in total. The third-order valence-electron chi connectivity index (χ3n) is 3.65. The molecule has 0 bridgehead atoms. The fourth-order valence-electron chi connectivity index (χ4n) is 2.68. The van der Waals surface area contributed by atoms with Crippen molar-refractivity contribution in [2.24, 2.45) is 0 Å². The molecule has 1 unspecified atom stereocenters. The minimum Gasteiger partial charge on any atom is -0.452 e. The van der Waals surface area contributed by atoms with E-state index in [-0.39, 0.29) is 0 Å². The second kappa shape index (κ2) is 5.18. The normalized spacial score (nSPS) is 15.8. The lowest BCUT2D eigenvalue weighted by atomic mass is 9.97. The summed E-state index contributed by atoms with van der Waals surface area (Å²) in [5.74, 6) is 0.892. The number of para-hydroxylation sites is 1. The van der Waals surface area contributed by atoms with Gasteiger partial charge in [-0.1, -0.05) is 66.7 Å². The molecule has 3 aromatic rings. The Bertz CT molecular complexity index is 787. The molecule has 0 saturated carbocycles. The topological polar surface area (TPSA) is 9.23 Å². The van der Waals surface area contributed by atoms with Gasteiger partial charge in [-0.15, -0.1) is 0 Å². The van der Waals surface area contributed by atoms with Crippen LogP contribution in [0.15, 0.2) is 72.8 Å². The largest absolute Gasteiger partial charge is 0.452 e. The van der Waals surface area contributed by atoms with Crippen LogP contribution in [0.3, 0.4) is 0 Å². The van der Waals surface area contributed by atoms with Crippen molar-refractivity contribution in [2.45, 2.75) is 0 Å². The second-order valence-electron chi connectivity index (χ2n) is 4.90. The van der Waals surface area contributed by atoms with Crippen LogP contribution < -0.4 is 9.83 Å². The standard InChI is InChI=1S/C18H12ClOP/c19-21-17-12-5-4-9-15(17)16-11-6-10-14(18(16)20-21)13-7-2-1-3-8-13/h1-12H. The van der Waals surface area contributed by atoms with Gasteiger partial charge in [-0.3, -0.25) is 0 Å². The number of rotatable bonds is 1. The lowest BCUT2D eigenvalue weighted by Gasteiger charge is -2.26. The Labute approximate surface area is 129 Å². The molecule has 0 aromatic heterocycles. The molecule has 0 spiro atoms. The highest BCUT2D eigenvalue weighted by molar-refractivity contribution is 7.86. The fraction of sp³-hybridized carbons (Fsp3) is 0. The van der Waals surface area contributed by atoms with E-state index in [4.69, 9.17) is 15.8 Å². The van der Waals surface area contributed by atoms with Crippen LogP contribution in [0.4, 0.5) is 0 Å². The van der Waals surface area contributed by atoms with E-state index in [1.165, 1.54) is 5.56 Å². The Morgan fingerprint density at radius 3 is 2.19 bits per heavy atom. The highest BCUT2D eigenvalue weighted by atomic mass is 35.7. The molecule has 0 radical (unpaired) electrons. The summed E-state index contributed by atoms with van der Waals surface area (Å²) in [5, 5.41) is 1.09. The van der Waals surface area contributed by atoms with Crippen molar-refractivity contribution in [2.75, 3.05) is 0 Å². The zero-order chi connectivity index (χ0) is 14.2. The van der Waals surface area contributed by atoms with E-state index in [1.54, 1.807) is 0 Å². The highest BCUT2D eigenvalue weighted by Crippen LogP contribution is 2.54. The Hall–Kier alpha value is -1.82. The van der Waals surface area contributed by atoms with Gasteiger partial charge in [0, 0.05) is 16.4 Å². The summed E-state index contributed by atoms with van der Waals surface area (Å²) in [6, 6.07) is 24.7. The fourth-order valence-corrected chi connectivity index (χ4v) is 4.37. The maximum absolute atomic E-state index is 6.48. The lowest BCUT2D eigenvalue weighted by molar-refractivity contribution is 0.635. The molecular formula is C18H12ClOP. The van der Waals surface area contributed by atoms with E-state index in [0.29, 0.717) is 0 Å². The summed E-state index contributed by atoms with van der Waals surface area (Å²) >= 11 is 6.48. The van der Waals surface area contributed by atoms with Crippen LogP contribution in [-0.4, -0.2) is 0 Å². The zero-order valence-electron chi connectivity index (χ0n) is 11.2. The van der Waals surface area contributed by atoms with Crippen LogP contribution in [0.5, 0.6) is 5.75 Å². The molecule has 0 saturated heterocycles. The number of benzene rings is 3. The molecule has 4 rings (SSSR count). The molecule has 1 aliphatic rings. The quantitative estimate of drug-likeness (QED) is 0.532. The molecule has 1 nitrogen and oxygen atoms in total. The van der Waals surface area contributed by atoms with Gasteiger partial charge in [0.1, 0.15) is 5.75 Å². The minimum absolute atomic E-state index is 0.892. The third kappa shape index (κ3) is 2.14. The smallest absolute Gasteiger partial charge is 0.215 e. The first-order valence-corrected chi connectivity index (χ1v) is 8.93. The van der Waals surface area contributed by atoms with E-state index in [1.807, 2.05) is 36.4 Å². The molecular weight excluding hydrogens is 299 g/mol. The Morgan fingerprint density at radius 2 is 1.33 bits per heavy atom. The van der Waals surface area contributed by atoms with E-state index < -0.39 is 7.50 Å². The van der Waals surface area contributed by atoms with Crippen molar-refractivity contribution >= 4 is 24.0 Å². The molecule has 3 heteroatoms. The van der Waals surface area contributed by atoms with E-state index in [2.05, 4.69) is 36.4 Å². The van der Waals surface area contributed by atoms with Gasteiger partial charge in [-0.05, 0) is 28.4 Å². The summed E-state index contributed by atoms with van der Waals surface area (Å²) in [5.41, 5.74) is 4.54. The summed E-state index contributed by atoms with van der Waals surface area (Å²) in [4.78, 5) is 0. The van der Waals surface area contributed by atoms with Crippen molar-refractivity contribution in [1.29, 1.82) is 0 Å². The summed E-state index contributed by atoms with van der Waals surface area (Å²) in [6.45, 7) is 0. The molecule has 1 heterocycles. The molecule has 1 atom stereocenters. The van der Waals surface area contributed by atoms with Gasteiger partial charge in [0.2, 0.25) is 7.50 Å². The van der Waals surface area contributed by atoms with Crippen molar-refractivity contribution in [1.82, 2.24) is 0 Å². The van der Waals surface area contributed by atoms with Crippen LogP contribution >= 0.6 is 18.7 Å². The molecule has 0 amide bonds. The van der Waals surface area contributed by atoms with Gasteiger partial charge in [0.15, 0.2) is 0 Å². The summed E-state index contributed by atoms with van der Waals surface area (Å²) in [7, 11) is -1.13. The molecule has 1 aliphatic heterocycles. The Balaban J connectivity index is 1.97.